The van der Waals surface area contributed by atoms with Gasteiger partial charge >= 0.3 is 6.09 Å². The van der Waals surface area contributed by atoms with Crippen LogP contribution in [0.5, 0.6) is 0 Å². The lowest BCUT2D eigenvalue weighted by atomic mass is 10.1. The zero-order chi connectivity index (χ0) is 16.9. The van der Waals surface area contributed by atoms with Gasteiger partial charge in [0.25, 0.3) is 0 Å². The monoisotopic (exact) mass is 321 g/mol. The summed E-state index contributed by atoms with van der Waals surface area (Å²) in [5, 5.41) is 0. The van der Waals surface area contributed by atoms with E-state index in [0.717, 1.165) is 12.0 Å². The maximum absolute atomic E-state index is 12.4. The number of rotatable bonds is 5. The molecular weight excluding hydrogens is 302 g/mol. The minimum absolute atomic E-state index is 0.0935. The second-order valence-electron chi connectivity index (χ2n) is 5.61. The van der Waals surface area contributed by atoms with Crippen LogP contribution in [-0.4, -0.2) is 25.0 Å². The lowest BCUT2D eigenvalue weighted by molar-refractivity contribution is 0.104. The molecule has 4 nitrogen and oxygen atoms in total. The van der Waals surface area contributed by atoms with Crippen molar-refractivity contribution < 1.29 is 14.3 Å². The third-order valence-corrected chi connectivity index (χ3v) is 4.02. The normalized spacial score (nSPS) is 14.2. The predicted molar refractivity (Wildman–Crippen MR) is 94.3 cm³/mol. The van der Waals surface area contributed by atoms with Crippen LogP contribution >= 0.6 is 0 Å². The van der Waals surface area contributed by atoms with Gasteiger partial charge in [-0.15, -0.1) is 0 Å². The number of aryl methyl sites for hydroxylation is 1. The van der Waals surface area contributed by atoms with E-state index in [-0.39, 0.29) is 11.9 Å². The number of carbonyl (C=O) groups excluding carboxylic acids is 2. The molecule has 0 spiro atoms. The highest BCUT2D eigenvalue weighted by atomic mass is 16.6. The molecule has 122 valence electrons. The Morgan fingerprint density at radius 1 is 1.21 bits per heavy atom. The van der Waals surface area contributed by atoms with Crippen LogP contribution in [0.15, 0.2) is 54.6 Å². The maximum Gasteiger partial charge on any atom is 0.414 e. The second-order valence-corrected chi connectivity index (χ2v) is 5.61. The van der Waals surface area contributed by atoms with Crippen molar-refractivity contribution in [3.63, 3.8) is 0 Å². The number of carbonyl (C=O) groups is 2. The van der Waals surface area contributed by atoms with Crippen LogP contribution in [0.25, 0.3) is 6.08 Å². The van der Waals surface area contributed by atoms with E-state index < -0.39 is 0 Å². The molecule has 1 aliphatic heterocycles. The van der Waals surface area contributed by atoms with Crippen molar-refractivity contribution >= 4 is 23.6 Å². The van der Waals surface area contributed by atoms with Crippen molar-refractivity contribution in [2.75, 3.05) is 18.1 Å². The third-order valence-electron chi connectivity index (χ3n) is 4.02. The highest BCUT2D eigenvalue weighted by Gasteiger charge is 2.23. The van der Waals surface area contributed by atoms with Gasteiger partial charge in [-0.25, -0.2) is 4.79 Å². The van der Waals surface area contributed by atoms with Gasteiger partial charge in [0.05, 0.1) is 6.54 Å². The van der Waals surface area contributed by atoms with E-state index in [0.29, 0.717) is 24.4 Å². The Labute approximate surface area is 141 Å². The summed E-state index contributed by atoms with van der Waals surface area (Å²) in [4.78, 5) is 25.5. The number of benzene rings is 2. The third kappa shape index (κ3) is 3.54. The van der Waals surface area contributed by atoms with E-state index in [4.69, 9.17) is 4.74 Å². The van der Waals surface area contributed by atoms with Crippen molar-refractivity contribution in [2.45, 2.75) is 13.3 Å². The average molecular weight is 321 g/mol. The molecule has 1 heterocycles. The molecule has 0 atom stereocenters. The Hall–Kier alpha value is -2.88. The molecule has 2 aromatic rings. The van der Waals surface area contributed by atoms with Crippen LogP contribution in [0.4, 0.5) is 10.5 Å². The Morgan fingerprint density at radius 2 is 2.00 bits per heavy atom. The lowest BCUT2D eigenvalue weighted by Crippen LogP contribution is -2.23. The molecule has 1 saturated heterocycles. The molecule has 0 bridgehead atoms. The number of hydrogen-bond donors (Lipinski definition) is 0. The van der Waals surface area contributed by atoms with Crippen LogP contribution in [0.2, 0.25) is 0 Å². The van der Waals surface area contributed by atoms with Gasteiger partial charge in [0, 0.05) is 11.3 Å². The number of allylic oxidation sites excluding steroid dienone is 1. The van der Waals surface area contributed by atoms with Crippen molar-refractivity contribution in [3.05, 3.63) is 71.3 Å². The van der Waals surface area contributed by atoms with E-state index in [9.17, 15) is 9.59 Å². The molecule has 0 radical (unpaired) electrons. The molecule has 0 unspecified atom stereocenters. The van der Waals surface area contributed by atoms with Crippen LogP contribution in [0.1, 0.15) is 28.4 Å². The van der Waals surface area contributed by atoms with Crippen LogP contribution < -0.4 is 4.90 Å². The van der Waals surface area contributed by atoms with E-state index in [1.54, 1.807) is 36.4 Å². The first-order valence-corrected chi connectivity index (χ1v) is 8.03. The van der Waals surface area contributed by atoms with Gasteiger partial charge < -0.3 is 4.74 Å². The molecule has 0 aliphatic carbocycles. The molecule has 0 aromatic heterocycles. The van der Waals surface area contributed by atoms with Crippen LogP contribution in [-0.2, 0) is 11.2 Å². The number of amides is 1. The SMILES string of the molecule is CCc1ccc(C=CC(=O)c2cccc(N3CCOC3=O)c2)cc1. The first kappa shape index (κ1) is 16.0. The summed E-state index contributed by atoms with van der Waals surface area (Å²) in [6.07, 6.45) is 3.99. The summed E-state index contributed by atoms with van der Waals surface area (Å²) in [5.41, 5.74) is 3.49. The second kappa shape index (κ2) is 7.13. The summed E-state index contributed by atoms with van der Waals surface area (Å²) < 4.78 is 4.93. The van der Waals surface area contributed by atoms with Crippen molar-refractivity contribution in [2.24, 2.45) is 0 Å². The Balaban J connectivity index is 1.74. The number of ketones is 1. The van der Waals surface area contributed by atoms with E-state index >= 15 is 0 Å². The Morgan fingerprint density at radius 3 is 2.67 bits per heavy atom. The first-order chi connectivity index (χ1) is 11.7. The van der Waals surface area contributed by atoms with Gasteiger partial charge in [0.15, 0.2) is 5.78 Å². The number of ether oxygens (including phenoxy) is 1. The van der Waals surface area contributed by atoms with Gasteiger partial charge in [-0.3, -0.25) is 9.69 Å². The molecular formula is C20H19NO3. The summed E-state index contributed by atoms with van der Waals surface area (Å²) >= 11 is 0. The fourth-order valence-electron chi connectivity index (χ4n) is 2.59. The fourth-order valence-corrected chi connectivity index (χ4v) is 2.59. The molecule has 4 heteroatoms. The molecule has 1 aliphatic rings. The highest BCUT2D eigenvalue weighted by Crippen LogP contribution is 2.20. The summed E-state index contributed by atoms with van der Waals surface area (Å²) in [6.45, 7) is 3.00. The van der Waals surface area contributed by atoms with Gasteiger partial charge in [-0.2, -0.15) is 0 Å². The maximum atomic E-state index is 12.4. The quantitative estimate of drug-likeness (QED) is 0.615. The smallest absolute Gasteiger partial charge is 0.414 e. The molecule has 1 fully saturated rings. The largest absolute Gasteiger partial charge is 0.447 e. The van der Waals surface area contributed by atoms with Gasteiger partial charge in [-0.05, 0) is 35.8 Å². The van der Waals surface area contributed by atoms with E-state index in [1.165, 1.54) is 10.5 Å². The number of anilines is 1. The minimum Gasteiger partial charge on any atom is -0.447 e. The molecule has 3 rings (SSSR count). The lowest BCUT2D eigenvalue weighted by Gasteiger charge is -2.13. The number of cyclic esters (lactones) is 1. The predicted octanol–water partition coefficient (Wildman–Crippen LogP) is 4.10. The Kier molecular flexibility index (Phi) is 4.75. The number of nitrogens with zero attached hydrogens (tertiary/aromatic N) is 1. The zero-order valence-electron chi connectivity index (χ0n) is 13.6. The van der Waals surface area contributed by atoms with Crippen LogP contribution in [0.3, 0.4) is 0 Å². The minimum atomic E-state index is -0.369. The van der Waals surface area contributed by atoms with E-state index in [2.05, 4.69) is 19.1 Å². The van der Waals surface area contributed by atoms with Gasteiger partial charge in [0.2, 0.25) is 0 Å². The van der Waals surface area contributed by atoms with Crippen molar-refractivity contribution in [1.29, 1.82) is 0 Å². The van der Waals surface area contributed by atoms with Gasteiger partial charge in [0.1, 0.15) is 6.61 Å². The van der Waals surface area contributed by atoms with Crippen molar-refractivity contribution in [3.8, 4) is 0 Å². The van der Waals surface area contributed by atoms with Crippen molar-refractivity contribution in [1.82, 2.24) is 0 Å². The molecule has 0 N–H and O–H groups in total. The summed E-state index contributed by atoms with van der Waals surface area (Å²) in [7, 11) is 0. The number of hydrogen-bond acceptors (Lipinski definition) is 3. The van der Waals surface area contributed by atoms with E-state index in [1.807, 2.05) is 12.1 Å². The topological polar surface area (TPSA) is 46.6 Å². The highest BCUT2D eigenvalue weighted by molar-refractivity contribution is 6.07. The van der Waals surface area contributed by atoms with Crippen LogP contribution in [0, 0.1) is 0 Å². The molecule has 24 heavy (non-hydrogen) atoms. The average Bonchev–Trinajstić information content (AvgIpc) is 3.06. The standard InChI is InChI=1S/C20H19NO3/c1-2-15-6-8-16(9-7-15)10-11-19(22)17-4-3-5-18(14-17)21-12-13-24-20(21)23/h3-11,14H,2,12-13H2,1H3. The first-order valence-electron chi connectivity index (χ1n) is 8.03. The zero-order valence-corrected chi connectivity index (χ0v) is 13.6. The molecule has 0 saturated carbocycles. The summed E-state index contributed by atoms with van der Waals surface area (Å²) in [5.74, 6) is -0.0935. The molecule has 1 amide bonds. The molecule has 2 aromatic carbocycles. The van der Waals surface area contributed by atoms with Gasteiger partial charge in [-0.1, -0.05) is 49.4 Å². The Bertz CT molecular complexity index is 778. The fraction of sp³-hybridized carbons (Fsp3) is 0.200. The summed E-state index contributed by atoms with van der Waals surface area (Å²) in [6, 6.07) is 15.2.